The molecule has 158 valence electrons. The minimum absolute atomic E-state index is 0.0655. The Hall–Kier alpha value is -2.51. The summed E-state index contributed by atoms with van der Waals surface area (Å²) in [4.78, 5) is 16.1. The van der Waals surface area contributed by atoms with E-state index in [1.165, 1.54) is 9.80 Å². The van der Waals surface area contributed by atoms with Gasteiger partial charge in [-0.2, -0.15) is 0 Å². The number of rotatable bonds is 6. The van der Waals surface area contributed by atoms with Gasteiger partial charge in [0, 0.05) is 17.8 Å². The number of benzene rings is 1. The molecule has 0 bridgehead atoms. The second-order valence-corrected chi connectivity index (χ2v) is 7.80. The van der Waals surface area contributed by atoms with Crippen molar-refractivity contribution in [2.24, 2.45) is 0 Å². The standard InChI is InChI=1S/C22H31N3O4/c1-6-25-15(2)13-17(26)20(22(25)27)21(24-11-9-23(3)10-12-24)16-7-8-18(28-4)19(14-16)29-5/h7-8,13-14,21,26H,6,9-12H2,1-5H3/p+2/t21-/m0/s1. The molecule has 0 unspecified atom stereocenters. The van der Waals surface area contributed by atoms with Crippen LogP contribution in [0.3, 0.4) is 0 Å². The van der Waals surface area contributed by atoms with E-state index in [9.17, 15) is 9.90 Å². The third-order valence-corrected chi connectivity index (χ3v) is 6.02. The molecule has 29 heavy (non-hydrogen) atoms. The van der Waals surface area contributed by atoms with Crippen LogP contribution < -0.4 is 24.8 Å². The number of aryl methyl sites for hydroxylation is 1. The Morgan fingerprint density at radius 3 is 2.34 bits per heavy atom. The minimum atomic E-state index is -0.270. The van der Waals surface area contributed by atoms with Crippen molar-refractivity contribution < 1.29 is 24.4 Å². The van der Waals surface area contributed by atoms with Gasteiger partial charge in [0.1, 0.15) is 43.5 Å². The van der Waals surface area contributed by atoms with Gasteiger partial charge in [0.15, 0.2) is 11.5 Å². The molecule has 0 radical (unpaired) electrons. The lowest BCUT2D eigenvalue weighted by Gasteiger charge is -2.34. The fraction of sp³-hybridized carbons (Fsp3) is 0.500. The van der Waals surface area contributed by atoms with Crippen molar-refractivity contribution in [3.8, 4) is 17.2 Å². The average Bonchev–Trinajstić information content (AvgIpc) is 2.71. The van der Waals surface area contributed by atoms with Gasteiger partial charge in [-0.25, -0.2) is 0 Å². The maximum absolute atomic E-state index is 13.4. The molecule has 2 heterocycles. The summed E-state index contributed by atoms with van der Waals surface area (Å²) in [5.74, 6) is 1.33. The van der Waals surface area contributed by atoms with Gasteiger partial charge >= 0.3 is 0 Å². The Morgan fingerprint density at radius 2 is 1.76 bits per heavy atom. The highest BCUT2D eigenvalue weighted by Gasteiger charge is 2.35. The monoisotopic (exact) mass is 403 g/mol. The number of aromatic nitrogens is 1. The number of hydrogen-bond acceptors (Lipinski definition) is 4. The lowest BCUT2D eigenvalue weighted by Crippen LogP contribution is -3.27. The summed E-state index contributed by atoms with van der Waals surface area (Å²) in [6.45, 7) is 8.26. The van der Waals surface area contributed by atoms with Gasteiger partial charge in [-0.05, 0) is 38.1 Å². The van der Waals surface area contributed by atoms with Gasteiger partial charge < -0.3 is 28.9 Å². The largest absolute Gasteiger partial charge is 0.507 e. The normalized spacial score (nSPS) is 20.3. The fourth-order valence-corrected chi connectivity index (χ4v) is 4.36. The van der Waals surface area contributed by atoms with E-state index >= 15 is 0 Å². The third kappa shape index (κ3) is 4.11. The zero-order valence-electron chi connectivity index (χ0n) is 18.0. The molecule has 1 saturated heterocycles. The SMILES string of the molecule is CCn1c(C)cc(O)c([C@H](c2ccc(OC)c(OC)c2)[NH+]2CC[NH+](C)CC2)c1=O. The van der Waals surface area contributed by atoms with Gasteiger partial charge in [-0.1, -0.05) is 0 Å². The van der Waals surface area contributed by atoms with Crippen LogP contribution >= 0.6 is 0 Å². The van der Waals surface area contributed by atoms with Crippen molar-refractivity contribution >= 4 is 0 Å². The molecular formula is C22H33N3O4+2. The smallest absolute Gasteiger partial charge is 0.264 e. The first kappa shape index (κ1) is 21.2. The van der Waals surface area contributed by atoms with E-state index in [1.54, 1.807) is 24.9 Å². The number of methoxy groups -OCH3 is 2. The lowest BCUT2D eigenvalue weighted by molar-refractivity contribution is -1.02. The number of ether oxygens (including phenoxy) is 2. The quantitative estimate of drug-likeness (QED) is 0.603. The van der Waals surface area contributed by atoms with Crippen molar-refractivity contribution in [3.05, 3.63) is 51.4 Å². The van der Waals surface area contributed by atoms with E-state index in [0.717, 1.165) is 37.4 Å². The summed E-state index contributed by atoms with van der Waals surface area (Å²) in [6.07, 6.45) is 0. The van der Waals surface area contributed by atoms with Crippen LogP contribution in [0.4, 0.5) is 0 Å². The molecule has 0 spiro atoms. The van der Waals surface area contributed by atoms with Crippen molar-refractivity contribution in [3.63, 3.8) is 0 Å². The van der Waals surface area contributed by atoms with Crippen LogP contribution in [0.15, 0.2) is 29.1 Å². The fourth-order valence-electron chi connectivity index (χ4n) is 4.36. The molecule has 7 heteroatoms. The first-order valence-electron chi connectivity index (χ1n) is 10.2. The molecule has 7 nitrogen and oxygen atoms in total. The molecule has 3 rings (SSSR count). The summed E-state index contributed by atoms with van der Waals surface area (Å²) in [7, 11) is 5.40. The van der Waals surface area contributed by atoms with Gasteiger partial charge in [0.25, 0.3) is 5.56 Å². The van der Waals surface area contributed by atoms with Gasteiger partial charge in [-0.15, -0.1) is 0 Å². The summed E-state index contributed by atoms with van der Waals surface area (Å²) in [5, 5.41) is 10.8. The summed E-state index contributed by atoms with van der Waals surface area (Å²) >= 11 is 0. The molecule has 1 aromatic heterocycles. The molecule has 0 aliphatic carbocycles. The van der Waals surface area contributed by atoms with Crippen LogP contribution in [0.25, 0.3) is 0 Å². The van der Waals surface area contributed by atoms with Crippen LogP contribution in [0, 0.1) is 6.92 Å². The van der Waals surface area contributed by atoms with Crippen molar-refractivity contribution in [2.75, 3.05) is 47.4 Å². The Bertz CT molecular complexity index is 917. The third-order valence-electron chi connectivity index (χ3n) is 6.02. The van der Waals surface area contributed by atoms with Crippen molar-refractivity contribution in [1.29, 1.82) is 0 Å². The van der Waals surface area contributed by atoms with Crippen LogP contribution in [0.1, 0.15) is 29.8 Å². The molecule has 3 N–H and O–H groups in total. The van der Waals surface area contributed by atoms with Crippen LogP contribution in [-0.2, 0) is 6.54 Å². The highest BCUT2D eigenvalue weighted by molar-refractivity contribution is 5.47. The van der Waals surface area contributed by atoms with E-state index in [2.05, 4.69) is 7.05 Å². The topological polar surface area (TPSA) is 69.6 Å². The number of nitrogens with zero attached hydrogens (tertiary/aromatic N) is 1. The molecule has 1 fully saturated rings. The number of hydrogen-bond donors (Lipinski definition) is 3. The predicted octanol–water partition coefficient (Wildman–Crippen LogP) is -0.598. The minimum Gasteiger partial charge on any atom is -0.507 e. The second-order valence-electron chi connectivity index (χ2n) is 7.80. The second kappa shape index (κ2) is 8.88. The number of piperazine rings is 1. The Kier molecular flexibility index (Phi) is 6.49. The first-order chi connectivity index (χ1) is 13.9. The van der Waals surface area contributed by atoms with E-state index in [1.807, 2.05) is 32.0 Å². The van der Waals surface area contributed by atoms with E-state index in [0.29, 0.717) is 23.6 Å². The zero-order valence-corrected chi connectivity index (χ0v) is 18.0. The van der Waals surface area contributed by atoms with E-state index < -0.39 is 0 Å². The van der Waals surface area contributed by atoms with E-state index in [-0.39, 0.29) is 17.4 Å². The lowest BCUT2D eigenvalue weighted by atomic mass is 9.95. The highest BCUT2D eigenvalue weighted by atomic mass is 16.5. The predicted molar refractivity (Wildman–Crippen MR) is 111 cm³/mol. The van der Waals surface area contributed by atoms with Crippen molar-refractivity contribution in [1.82, 2.24) is 4.57 Å². The molecule has 1 aromatic carbocycles. The molecule has 1 atom stereocenters. The molecule has 1 aliphatic rings. The number of nitrogens with one attached hydrogen (secondary N) is 2. The molecule has 0 saturated carbocycles. The molecule has 1 aliphatic heterocycles. The van der Waals surface area contributed by atoms with Crippen LogP contribution in [0.2, 0.25) is 0 Å². The van der Waals surface area contributed by atoms with Crippen LogP contribution in [-0.4, -0.2) is 57.1 Å². The number of likely N-dealkylation sites (N-methyl/N-ethyl adjacent to an activating group) is 1. The van der Waals surface area contributed by atoms with E-state index in [4.69, 9.17) is 9.47 Å². The first-order valence-corrected chi connectivity index (χ1v) is 10.2. The molecule has 0 amide bonds. The van der Waals surface area contributed by atoms with Crippen LogP contribution in [0.5, 0.6) is 17.2 Å². The Labute approximate surface area is 172 Å². The maximum atomic E-state index is 13.4. The number of quaternary nitrogens is 2. The maximum Gasteiger partial charge on any atom is 0.264 e. The summed E-state index contributed by atoms with van der Waals surface area (Å²) < 4.78 is 12.6. The molecular weight excluding hydrogens is 370 g/mol. The van der Waals surface area contributed by atoms with Crippen molar-refractivity contribution in [2.45, 2.75) is 26.4 Å². The van der Waals surface area contributed by atoms with Gasteiger partial charge in [0.2, 0.25) is 0 Å². The number of pyridine rings is 1. The number of aromatic hydroxyl groups is 1. The average molecular weight is 404 g/mol. The Balaban J connectivity index is 2.19. The Morgan fingerprint density at radius 1 is 1.10 bits per heavy atom. The highest BCUT2D eigenvalue weighted by Crippen LogP contribution is 2.32. The van der Waals surface area contributed by atoms with Gasteiger partial charge in [-0.3, -0.25) is 4.79 Å². The van der Waals surface area contributed by atoms with Gasteiger partial charge in [0.05, 0.1) is 21.3 Å². The zero-order chi connectivity index (χ0) is 21.1. The summed E-state index contributed by atoms with van der Waals surface area (Å²) in [5.41, 5.74) is 2.04. The molecule has 2 aromatic rings. The summed E-state index contributed by atoms with van der Waals surface area (Å²) in [6, 6.07) is 7.20.